The molecule has 0 atom stereocenters. The molecule has 2 rings (SSSR count). The standard InChI is InChI=1S/C16H22N2O3/c1-12-7-9-13(10-8-12)17-16(20)18(11-15(19)21-2)14-5-3-4-6-14/h7-10,14H,3-6,11H2,1-2H3,(H,17,20). The van der Waals surface area contributed by atoms with Gasteiger partial charge in [0.2, 0.25) is 0 Å². The Balaban J connectivity index is 2.05. The number of nitrogens with zero attached hydrogens (tertiary/aromatic N) is 1. The molecule has 5 heteroatoms. The molecule has 5 nitrogen and oxygen atoms in total. The topological polar surface area (TPSA) is 58.6 Å². The number of amides is 2. The van der Waals surface area contributed by atoms with E-state index in [0.29, 0.717) is 0 Å². The van der Waals surface area contributed by atoms with Crippen molar-refractivity contribution in [2.45, 2.75) is 38.6 Å². The zero-order valence-corrected chi connectivity index (χ0v) is 12.6. The Morgan fingerprint density at radius 1 is 1.24 bits per heavy atom. The van der Waals surface area contributed by atoms with Gasteiger partial charge in [0.1, 0.15) is 6.54 Å². The minimum Gasteiger partial charge on any atom is -0.468 e. The molecular weight excluding hydrogens is 268 g/mol. The van der Waals surface area contributed by atoms with Crippen molar-refractivity contribution in [1.29, 1.82) is 0 Å². The monoisotopic (exact) mass is 290 g/mol. The van der Waals surface area contributed by atoms with E-state index >= 15 is 0 Å². The lowest BCUT2D eigenvalue weighted by atomic mass is 10.2. The van der Waals surface area contributed by atoms with E-state index in [1.54, 1.807) is 4.90 Å². The van der Waals surface area contributed by atoms with Crippen molar-refractivity contribution in [2.24, 2.45) is 0 Å². The lowest BCUT2D eigenvalue weighted by molar-refractivity contribution is -0.141. The molecule has 1 saturated carbocycles. The number of rotatable bonds is 4. The van der Waals surface area contributed by atoms with Crippen LogP contribution in [0.2, 0.25) is 0 Å². The van der Waals surface area contributed by atoms with Crippen LogP contribution >= 0.6 is 0 Å². The van der Waals surface area contributed by atoms with E-state index in [1.165, 1.54) is 7.11 Å². The maximum absolute atomic E-state index is 12.4. The minimum atomic E-state index is -0.388. The maximum Gasteiger partial charge on any atom is 0.325 e. The fraction of sp³-hybridized carbons (Fsp3) is 0.500. The summed E-state index contributed by atoms with van der Waals surface area (Å²) in [5, 5.41) is 2.85. The van der Waals surface area contributed by atoms with E-state index in [0.717, 1.165) is 36.9 Å². The minimum absolute atomic E-state index is 0.00113. The van der Waals surface area contributed by atoms with E-state index in [1.807, 2.05) is 31.2 Å². The van der Waals surface area contributed by atoms with Crippen LogP contribution in [0.4, 0.5) is 10.5 Å². The number of benzene rings is 1. The molecule has 1 aliphatic carbocycles. The summed E-state index contributed by atoms with van der Waals surface area (Å²) in [5.41, 5.74) is 1.87. The molecule has 0 saturated heterocycles. The summed E-state index contributed by atoms with van der Waals surface area (Å²) in [6, 6.07) is 7.48. The summed E-state index contributed by atoms with van der Waals surface area (Å²) in [5.74, 6) is -0.388. The number of carbonyl (C=O) groups excluding carboxylic acids is 2. The normalized spacial score (nSPS) is 14.8. The van der Waals surface area contributed by atoms with Gasteiger partial charge in [0.15, 0.2) is 0 Å². The van der Waals surface area contributed by atoms with Gasteiger partial charge in [0, 0.05) is 11.7 Å². The molecule has 2 amide bonds. The molecule has 1 aliphatic rings. The predicted octanol–water partition coefficient (Wildman–Crippen LogP) is 2.94. The average molecular weight is 290 g/mol. The van der Waals surface area contributed by atoms with E-state index in [4.69, 9.17) is 4.74 Å². The highest BCUT2D eigenvalue weighted by Crippen LogP contribution is 2.24. The Labute approximate surface area is 125 Å². The van der Waals surface area contributed by atoms with Crippen molar-refractivity contribution in [3.8, 4) is 0 Å². The Morgan fingerprint density at radius 2 is 1.86 bits per heavy atom. The van der Waals surface area contributed by atoms with E-state index in [2.05, 4.69) is 5.32 Å². The van der Waals surface area contributed by atoms with Crippen molar-refractivity contribution >= 4 is 17.7 Å². The number of carbonyl (C=O) groups is 2. The smallest absolute Gasteiger partial charge is 0.325 e. The highest BCUT2D eigenvalue weighted by molar-refractivity contribution is 5.91. The third-order valence-corrected chi connectivity index (χ3v) is 3.86. The quantitative estimate of drug-likeness (QED) is 0.867. The molecule has 1 aromatic rings. The van der Waals surface area contributed by atoms with Crippen molar-refractivity contribution in [1.82, 2.24) is 4.90 Å². The van der Waals surface area contributed by atoms with Crippen LogP contribution in [0.25, 0.3) is 0 Å². The van der Waals surface area contributed by atoms with Crippen molar-refractivity contribution < 1.29 is 14.3 Å². The number of anilines is 1. The van der Waals surface area contributed by atoms with Crippen molar-refractivity contribution in [2.75, 3.05) is 19.0 Å². The zero-order valence-electron chi connectivity index (χ0n) is 12.6. The van der Waals surface area contributed by atoms with E-state index < -0.39 is 0 Å². The first-order valence-corrected chi connectivity index (χ1v) is 7.31. The SMILES string of the molecule is COC(=O)CN(C(=O)Nc1ccc(C)cc1)C1CCCC1. The Hall–Kier alpha value is -2.04. The molecular formula is C16H22N2O3. The van der Waals surface area contributed by atoms with Gasteiger partial charge in [-0.2, -0.15) is 0 Å². The molecule has 0 radical (unpaired) electrons. The van der Waals surface area contributed by atoms with Crippen molar-refractivity contribution in [3.05, 3.63) is 29.8 Å². The molecule has 0 aromatic heterocycles. The lowest BCUT2D eigenvalue weighted by Gasteiger charge is -2.28. The lowest BCUT2D eigenvalue weighted by Crippen LogP contribution is -2.44. The van der Waals surface area contributed by atoms with Crippen LogP contribution in [0.15, 0.2) is 24.3 Å². The van der Waals surface area contributed by atoms with Crippen LogP contribution in [-0.2, 0) is 9.53 Å². The summed E-state index contributed by atoms with van der Waals surface area (Å²) in [7, 11) is 1.34. The number of ether oxygens (including phenoxy) is 1. The molecule has 1 fully saturated rings. The average Bonchev–Trinajstić information content (AvgIpc) is 3.00. The number of urea groups is 1. The summed E-state index contributed by atoms with van der Waals surface area (Å²) >= 11 is 0. The summed E-state index contributed by atoms with van der Waals surface area (Å²) in [6.07, 6.45) is 4.08. The molecule has 21 heavy (non-hydrogen) atoms. The Morgan fingerprint density at radius 3 is 2.43 bits per heavy atom. The van der Waals surface area contributed by atoms with Crippen LogP contribution < -0.4 is 5.32 Å². The third-order valence-electron chi connectivity index (χ3n) is 3.86. The van der Waals surface area contributed by atoms with Crippen LogP contribution in [-0.4, -0.2) is 36.6 Å². The fourth-order valence-corrected chi connectivity index (χ4v) is 2.62. The van der Waals surface area contributed by atoms with Gasteiger partial charge >= 0.3 is 12.0 Å². The largest absolute Gasteiger partial charge is 0.468 e. The number of methoxy groups -OCH3 is 1. The van der Waals surface area contributed by atoms with E-state index in [9.17, 15) is 9.59 Å². The summed E-state index contributed by atoms with van der Waals surface area (Å²) in [6.45, 7) is 1.99. The van der Waals surface area contributed by atoms with Gasteiger partial charge in [-0.05, 0) is 31.9 Å². The van der Waals surface area contributed by atoms with Gasteiger partial charge in [-0.15, -0.1) is 0 Å². The van der Waals surface area contributed by atoms with Gasteiger partial charge in [0.25, 0.3) is 0 Å². The molecule has 1 N–H and O–H groups in total. The highest BCUT2D eigenvalue weighted by Gasteiger charge is 2.28. The van der Waals surface area contributed by atoms with Crippen LogP contribution in [0, 0.1) is 6.92 Å². The Kier molecular flexibility index (Phi) is 5.20. The molecule has 1 aromatic carbocycles. The molecule has 0 bridgehead atoms. The predicted molar refractivity (Wildman–Crippen MR) is 81.2 cm³/mol. The highest BCUT2D eigenvalue weighted by atomic mass is 16.5. The molecule has 0 spiro atoms. The first kappa shape index (κ1) is 15.4. The van der Waals surface area contributed by atoms with Gasteiger partial charge in [-0.1, -0.05) is 30.5 Å². The zero-order chi connectivity index (χ0) is 15.2. The van der Waals surface area contributed by atoms with Crippen LogP contribution in [0.5, 0.6) is 0 Å². The number of hydrogen-bond donors (Lipinski definition) is 1. The second-order valence-corrected chi connectivity index (χ2v) is 5.44. The van der Waals surface area contributed by atoms with Crippen molar-refractivity contribution in [3.63, 3.8) is 0 Å². The number of nitrogens with one attached hydrogen (secondary N) is 1. The van der Waals surface area contributed by atoms with Gasteiger partial charge in [-0.25, -0.2) is 4.79 Å². The van der Waals surface area contributed by atoms with Gasteiger partial charge in [0.05, 0.1) is 7.11 Å². The summed E-state index contributed by atoms with van der Waals surface area (Å²) in [4.78, 5) is 25.6. The third kappa shape index (κ3) is 4.21. The first-order chi connectivity index (χ1) is 10.1. The van der Waals surface area contributed by atoms with E-state index in [-0.39, 0.29) is 24.6 Å². The first-order valence-electron chi connectivity index (χ1n) is 7.31. The summed E-state index contributed by atoms with van der Waals surface area (Å²) < 4.78 is 4.70. The molecule has 0 aliphatic heterocycles. The second-order valence-electron chi connectivity index (χ2n) is 5.44. The van der Waals surface area contributed by atoms with Crippen LogP contribution in [0.1, 0.15) is 31.2 Å². The van der Waals surface area contributed by atoms with Crippen LogP contribution in [0.3, 0.4) is 0 Å². The molecule has 0 unspecified atom stereocenters. The van der Waals surface area contributed by atoms with Gasteiger partial charge < -0.3 is 15.0 Å². The fourth-order valence-electron chi connectivity index (χ4n) is 2.62. The maximum atomic E-state index is 12.4. The molecule has 114 valence electrons. The second kappa shape index (κ2) is 7.11. The number of esters is 1. The Bertz CT molecular complexity index is 493. The number of hydrogen-bond acceptors (Lipinski definition) is 3. The number of aryl methyl sites for hydroxylation is 1. The molecule has 0 heterocycles. The van der Waals surface area contributed by atoms with Gasteiger partial charge in [-0.3, -0.25) is 4.79 Å².